The van der Waals surface area contributed by atoms with E-state index < -0.39 is 18.8 Å². The van der Waals surface area contributed by atoms with E-state index in [0.29, 0.717) is 23.5 Å². The molecule has 1 aromatic heterocycles. The number of aliphatic hydroxyl groups excluding tert-OH is 1. The maximum Gasteiger partial charge on any atom is 0.408 e. The standard InChI is InChI=1S/C15H23F3N4O2/c1-9(19-14(24)21-6-4-5-12(21)7-23)13-10(2)20-22(11(13)3)8-15(16,17)18/h9,12,23H,4-8H2,1-3H3,(H,19,24). The molecule has 2 amide bonds. The van der Waals surface area contributed by atoms with Gasteiger partial charge in [0.1, 0.15) is 6.54 Å². The summed E-state index contributed by atoms with van der Waals surface area (Å²) >= 11 is 0. The first-order valence-corrected chi connectivity index (χ1v) is 7.92. The summed E-state index contributed by atoms with van der Waals surface area (Å²) in [5, 5.41) is 16.0. The molecular formula is C15H23F3N4O2. The number of nitrogens with zero attached hydrogens (tertiary/aromatic N) is 3. The third-order valence-corrected chi connectivity index (χ3v) is 4.39. The summed E-state index contributed by atoms with van der Waals surface area (Å²) < 4.78 is 38.7. The Labute approximate surface area is 138 Å². The van der Waals surface area contributed by atoms with Gasteiger partial charge in [-0.2, -0.15) is 18.3 Å². The average Bonchev–Trinajstić information content (AvgIpc) is 3.02. The van der Waals surface area contributed by atoms with Gasteiger partial charge < -0.3 is 15.3 Å². The Bertz CT molecular complexity index is 600. The molecule has 1 aliphatic heterocycles. The van der Waals surface area contributed by atoms with Gasteiger partial charge in [0, 0.05) is 17.8 Å². The number of hydrogen-bond acceptors (Lipinski definition) is 3. The van der Waals surface area contributed by atoms with Crippen LogP contribution in [0.25, 0.3) is 0 Å². The first-order chi connectivity index (χ1) is 11.1. The fourth-order valence-corrected chi connectivity index (χ4v) is 3.29. The predicted molar refractivity (Wildman–Crippen MR) is 81.5 cm³/mol. The van der Waals surface area contributed by atoms with Crippen molar-refractivity contribution in [2.75, 3.05) is 13.2 Å². The third kappa shape index (κ3) is 4.00. The topological polar surface area (TPSA) is 70.4 Å². The van der Waals surface area contributed by atoms with Crippen molar-refractivity contribution < 1.29 is 23.1 Å². The number of nitrogens with one attached hydrogen (secondary N) is 1. The third-order valence-electron chi connectivity index (χ3n) is 4.39. The molecule has 2 heterocycles. The van der Waals surface area contributed by atoms with Crippen molar-refractivity contribution in [3.8, 4) is 0 Å². The molecule has 6 nitrogen and oxygen atoms in total. The molecule has 1 aromatic rings. The Morgan fingerprint density at radius 2 is 2.12 bits per heavy atom. The number of aryl methyl sites for hydroxylation is 1. The molecule has 2 rings (SSSR count). The van der Waals surface area contributed by atoms with E-state index in [1.54, 1.807) is 25.7 Å². The molecule has 0 aliphatic carbocycles. The fraction of sp³-hybridized carbons (Fsp3) is 0.733. The van der Waals surface area contributed by atoms with Gasteiger partial charge in [0.2, 0.25) is 0 Å². The van der Waals surface area contributed by atoms with E-state index in [1.165, 1.54) is 0 Å². The van der Waals surface area contributed by atoms with Crippen LogP contribution >= 0.6 is 0 Å². The molecule has 0 aromatic carbocycles. The first-order valence-electron chi connectivity index (χ1n) is 7.92. The number of alkyl halides is 3. The Morgan fingerprint density at radius 3 is 2.71 bits per heavy atom. The lowest BCUT2D eigenvalue weighted by Crippen LogP contribution is -2.45. The first kappa shape index (κ1) is 18.6. The predicted octanol–water partition coefficient (Wildman–Crippen LogP) is 2.29. The summed E-state index contributed by atoms with van der Waals surface area (Å²) in [5.41, 5.74) is 1.44. The zero-order valence-corrected chi connectivity index (χ0v) is 14.0. The molecular weight excluding hydrogens is 325 g/mol. The minimum atomic E-state index is -4.35. The van der Waals surface area contributed by atoms with Gasteiger partial charge in [-0.05, 0) is 33.6 Å². The molecule has 0 radical (unpaired) electrons. The molecule has 0 saturated carbocycles. The highest BCUT2D eigenvalue weighted by Gasteiger charge is 2.32. The van der Waals surface area contributed by atoms with Crippen molar-refractivity contribution in [2.24, 2.45) is 0 Å². The number of halogens is 3. The summed E-state index contributed by atoms with van der Waals surface area (Å²) in [4.78, 5) is 13.9. The number of carbonyl (C=O) groups is 1. The minimum absolute atomic E-state index is 0.0939. The quantitative estimate of drug-likeness (QED) is 0.877. The number of hydrogen-bond donors (Lipinski definition) is 2. The van der Waals surface area contributed by atoms with E-state index in [0.717, 1.165) is 17.5 Å². The maximum absolute atomic E-state index is 12.6. The van der Waals surface area contributed by atoms with Gasteiger partial charge >= 0.3 is 12.2 Å². The van der Waals surface area contributed by atoms with Crippen LogP contribution in [0.3, 0.4) is 0 Å². The van der Waals surface area contributed by atoms with E-state index >= 15 is 0 Å². The summed E-state index contributed by atoms with van der Waals surface area (Å²) in [6.45, 7) is 4.23. The lowest BCUT2D eigenvalue weighted by molar-refractivity contribution is -0.143. The highest BCUT2D eigenvalue weighted by atomic mass is 19.4. The van der Waals surface area contributed by atoms with Crippen LogP contribution in [0, 0.1) is 13.8 Å². The Hall–Kier alpha value is -1.77. The second-order valence-corrected chi connectivity index (χ2v) is 6.20. The average molecular weight is 348 g/mol. The molecule has 1 saturated heterocycles. The van der Waals surface area contributed by atoms with Crippen LogP contribution in [0.4, 0.5) is 18.0 Å². The van der Waals surface area contributed by atoms with E-state index in [2.05, 4.69) is 10.4 Å². The summed E-state index contributed by atoms with van der Waals surface area (Å²) in [6.07, 6.45) is -2.77. The smallest absolute Gasteiger partial charge is 0.394 e. The van der Waals surface area contributed by atoms with Crippen LogP contribution in [-0.2, 0) is 6.54 Å². The van der Waals surface area contributed by atoms with Gasteiger partial charge in [0.25, 0.3) is 0 Å². The van der Waals surface area contributed by atoms with E-state index in [9.17, 15) is 23.1 Å². The van der Waals surface area contributed by atoms with Gasteiger partial charge in [0.15, 0.2) is 0 Å². The second kappa shape index (κ2) is 7.00. The van der Waals surface area contributed by atoms with Crippen LogP contribution in [0.5, 0.6) is 0 Å². The zero-order chi connectivity index (χ0) is 18.1. The number of urea groups is 1. The van der Waals surface area contributed by atoms with Gasteiger partial charge in [-0.1, -0.05) is 0 Å². The van der Waals surface area contributed by atoms with Gasteiger partial charge in [-0.15, -0.1) is 0 Å². The Morgan fingerprint density at radius 1 is 1.46 bits per heavy atom. The SMILES string of the molecule is Cc1nn(CC(F)(F)F)c(C)c1C(C)NC(=O)N1CCCC1CO. The highest BCUT2D eigenvalue weighted by molar-refractivity contribution is 5.75. The van der Waals surface area contributed by atoms with Crippen LogP contribution in [0.15, 0.2) is 0 Å². The van der Waals surface area contributed by atoms with E-state index in [4.69, 9.17) is 0 Å². The van der Waals surface area contributed by atoms with Crippen molar-refractivity contribution in [2.45, 2.75) is 58.4 Å². The lowest BCUT2D eigenvalue weighted by atomic mass is 10.1. The number of aliphatic hydroxyl groups is 1. The largest absolute Gasteiger partial charge is 0.408 e. The molecule has 1 fully saturated rings. The molecule has 2 N–H and O–H groups in total. The molecule has 9 heteroatoms. The van der Waals surface area contributed by atoms with Crippen molar-refractivity contribution in [3.05, 3.63) is 17.0 Å². The molecule has 0 bridgehead atoms. The van der Waals surface area contributed by atoms with Crippen molar-refractivity contribution in [3.63, 3.8) is 0 Å². The monoisotopic (exact) mass is 348 g/mol. The number of carbonyl (C=O) groups excluding carboxylic acids is 1. The van der Waals surface area contributed by atoms with Crippen molar-refractivity contribution in [1.29, 1.82) is 0 Å². The summed E-state index contributed by atoms with van der Waals surface area (Å²) in [5.74, 6) is 0. The molecule has 0 spiro atoms. The van der Waals surface area contributed by atoms with Crippen molar-refractivity contribution in [1.82, 2.24) is 20.0 Å². The molecule has 24 heavy (non-hydrogen) atoms. The normalized spacial score (nSPS) is 19.6. The Balaban J connectivity index is 2.12. The second-order valence-electron chi connectivity index (χ2n) is 6.20. The Kier molecular flexibility index (Phi) is 5.42. The zero-order valence-electron chi connectivity index (χ0n) is 14.0. The number of amides is 2. The summed E-state index contributed by atoms with van der Waals surface area (Å²) in [6, 6.07) is -0.992. The minimum Gasteiger partial charge on any atom is -0.394 e. The highest BCUT2D eigenvalue weighted by Crippen LogP contribution is 2.25. The van der Waals surface area contributed by atoms with Crippen LogP contribution in [-0.4, -0.2) is 51.2 Å². The molecule has 1 aliphatic rings. The fourth-order valence-electron chi connectivity index (χ4n) is 3.29. The number of rotatable bonds is 4. The van der Waals surface area contributed by atoms with E-state index in [1.807, 2.05) is 0 Å². The van der Waals surface area contributed by atoms with Crippen LogP contribution in [0.1, 0.15) is 42.8 Å². The van der Waals surface area contributed by atoms with Gasteiger partial charge in [-0.25, -0.2) is 4.79 Å². The number of aromatic nitrogens is 2. The van der Waals surface area contributed by atoms with Gasteiger partial charge in [-0.3, -0.25) is 4.68 Å². The van der Waals surface area contributed by atoms with Crippen LogP contribution in [0.2, 0.25) is 0 Å². The summed E-state index contributed by atoms with van der Waals surface area (Å²) in [7, 11) is 0. The molecule has 136 valence electrons. The molecule has 2 atom stereocenters. The number of likely N-dealkylation sites (tertiary alicyclic amines) is 1. The van der Waals surface area contributed by atoms with Crippen LogP contribution < -0.4 is 5.32 Å². The maximum atomic E-state index is 12.6. The molecule has 2 unspecified atom stereocenters. The van der Waals surface area contributed by atoms with Gasteiger partial charge in [0.05, 0.1) is 24.4 Å². The van der Waals surface area contributed by atoms with Crippen molar-refractivity contribution >= 4 is 6.03 Å². The van der Waals surface area contributed by atoms with E-state index in [-0.39, 0.29) is 18.7 Å². The lowest BCUT2D eigenvalue weighted by Gasteiger charge is -2.25.